The maximum Gasteiger partial charge on any atom is 0.326 e. The normalized spacial score (nSPS) is 14.2. The van der Waals surface area contributed by atoms with Gasteiger partial charge in [-0.2, -0.15) is 0 Å². The molecule has 10 N–H and O–H groups in total. The number of amides is 4. The van der Waals surface area contributed by atoms with Crippen LogP contribution in [0.4, 0.5) is 0 Å². The van der Waals surface area contributed by atoms with Crippen LogP contribution in [-0.4, -0.2) is 81.0 Å². The van der Waals surface area contributed by atoms with Crippen molar-refractivity contribution in [3.8, 4) is 0 Å². The molecular formula is C20H33N5O10. The van der Waals surface area contributed by atoms with E-state index in [2.05, 4.69) is 16.0 Å². The lowest BCUT2D eigenvalue weighted by molar-refractivity contribution is -0.143. The van der Waals surface area contributed by atoms with Gasteiger partial charge >= 0.3 is 17.9 Å². The first-order chi connectivity index (χ1) is 16.1. The Morgan fingerprint density at radius 3 is 1.37 bits per heavy atom. The summed E-state index contributed by atoms with van der Waals surface area (Å²) in [7, 11) is 0. The molecule has 4 unspecified atom stereocenters. The van der Waals surface area contributed by atoms with Crippen LogP contribution < -0.4 is 27.4 Å². The molecule has 0 radical (unpaired) electrons. The summed E-state index contributed by atoms with van der Waals surface area (Å²) in [5.74, 6) is -7.96. The summed E-state index contributed by atoms with van der Waals surface area (Å²) in [6.45, 7) is 3.31. The zero-order chi connectivity index (χ0) is 27.3. The molecule has 0 fully saturated rings. The van der Waals surface area contributed by atoms with Gasteiger partial charge in [0.2, 0.25) is 23.6 Å². The van der Waals surface area contributed by atoms with E-state index in [-0.39, 0.29) is 25.2 Å². The smallest absolute Gasteiger partial charge is 0.326 e. The van der Waals surface area contributed by atoms with Gasteiger partial charge in [0.05, 0.1) is 6.04 Å². The Kier molecular flexibility index (Phi) is 13.6. The van der Waals surface area contributed by atoms with Gasteiger partial charge < -0.3 is 42.7 Å². The minimum Gasteiger partial charge on any atom is -0.481 e. The SMILES string of the molecule is CC(C)C(N)C(=O)NC(CCC(=O)O)C(=O)NC(CCC(=O)O)C(=O)NC(CCC(N)=O)C(=O)O. The van der Waals surface area contributed by atoms with Crippen LogP contribution in [0.15, 0.2) is 0 Å². The molecule has 15 heteroatoms. The van der Waals surface area contributed by atoms with Crippen LogP contribution in [0.3, 0.4) is 0 Å². The molecule has 35 heavy (non-hydrogen) atoms. The minimum absolute atomic E-state index is 0.305. The molecular weight excluding hydrogens is 470 g/mol. The first-order valence-corrected chi connectivity index (χ1v) is 10.8. The molecule has 0 bridgehead atoms. The second kappa shape index (κ2) is 15.2. The lowest BCUT2D eigenvalue weighted by Crippen LogP contribution is -2.57. The number of nitrogens with one attached hydrogen (secondary N) is 3. The average molecular weight is 504 g/mol. The molecule has 0 spiro atoms. The van der Waals surface area contributed by atoms with Crippen LogP contribution >= 0.6 is 0 Å². The second-order valence-electron chi connectivity index (χ2n) is 8.16. The largest absolute Gasteiger partial charge is 0.481 e. The van der Waals surface area contributed by atoms with Crippen molar-refractivity contribution in [1.29, 1.82) is 0 Å². The molecule has 0 aliphatic heterocycles. The molecule has 4 atom stereocenters. The Bertz CT molecular complexity index is 816. The van der Waals surface area contributed by atoms with E-state index >= 15 is 0 Å². The van der Waals surface area contributed by atoms with E-state index in [0.717, 1.165) is 0 Å². The summed E-state index contributed by atoms with van der Waals surface area (Å²) >= 11 is 0. The van der Waals surface area contributed by atoms with Crippen molar-refractivity contribution in [2.24, 2.45) is 17.4 Å². The molecule has 0 saturated heterocycles. The van der Waals surface area contributed by atoms with Crippen molar-refractivity contribution in [1.82, 2.24) is 16.0 Å². The summed E-state index contributed by atoms with van der Waals surface area (Å²) in [4.78, 5) is 82.1. The topological polar surface area (TPSA) is 268 Å². The van der Waals surface area contributed by atoms with Crippen LogP contribution in [-0.2, 0) is 33.6 Å². The van der Waals surface area contributed by atoms with E-state index in [0.29, 0.717) is 0 Å². The van der Waals surface area contributed by atoms with Crippen molar-refractivity contribution in [3.05, 3.63) is 0 Å². The number of carboxylic acid groups (broad SMARTS) is 3. The van der Waals surface area contributed by atoms with E-state index in [4.69, 9.17) is 21.7 Å². The summed E-state index contributed by atoms with van der Waals surface area (Å²) < 4.78 is 0. The zero-order valence-electron chi connectivity index (χ0n) is 19.5. The number of aliphatic carboxylic acids is 3. The van der Waals surface area contributed by atoms with Gasteiger partial charge in [0, 0.05) is 19.3 Å². The molecule has 0 aromatic carbocycles. The standard InChI is InChI=1S/C20H33N5O10/c1-9(2)16(22)19(33)24-11(5-8-15(29)30)17(31)23-10(4-7-14(27)28)18(32)25-12(20(34)35)3-6-13(21)26/h9-12,16H,3-8,22H2,1-2H3,(H2,21,26)(H,23,31)(H,24,33)(H,25,32)(H,27,28)(H,29,30)(H,34,35). The van der Waals surface area contributed by atoms with Gasteiger partial charge in [-0.1, -0.05) is 13.8 Å². The summed E-state index contributed by atoms with van der Waals surface area (Å²) in [5.41, 5.74) is 10.7. The molecule has 15 nitrogen and oxygen atoms in total. The van der Waals surface area contributed by atoms with Crippen molar-refractivity contribution >= 4 is 41.5 Å². The van der Waals surface area contributed by atoms with Gasteiger partial charge in [0.15, 0.2) is 0 Å². The maximum absolute atomic E-state index is 12.8. The van der Waals surface area contributed by atoms with E-state index in [1.807, 2.05) is 0 Å². The minimum atomic E-state index is -1.55. The fourth-order valence-corrected chi connectivity index (χ4v) is 2.73. The van der Waals surface area contributed by atoms with Crippen molar-refractivity contribution in [2.45, 2.75) is 76.5 Å². The van der Waals surface area contributed by atoms with Crippen molar-refractivity contribution in [3.63, 3.8) is 0 Å². The Balaban J connectivity index is 5.65. The molecule has 4 amide bonds. The van der Waals surface area contributed by atoms with Crippen molar-refractivity contribution in [2.75, 3.05) is 0 Å². The molecule has 0 rings (SSSR count). The highest BCUT2D eigenvalue weighted by Gasteiger charge is 2.31. The first kappa shape index (κ1) is 31.2. The van der Waals surface area contributed by atoms with Crippen LogP contribution in [0.25, 0.3) is 0 Å². The Morgan fingerprint density at radius 2 is 1.03 bits per heavy atom. The van der Waals surface area contributed by atoms with Gasteiger partial charge in [-0.3, -0.25) is 28.8 Å². The average Bonchev–Trinajstić information content (AvgIpc) is 2.74. The summed E-state index contributed by atoms with van der Waals surface area (Å²) in [6, 6.07) is -5.53. The van der Waals surface area contributed by atoms with E-state index in [1.54, 1.807) is 13.8 Å². The molecule has 0 aromatic rings. The summed E-state index contributed by atoms with van der Waals surface area (Å²) in [6.07, 6.45) is -2.61. The number of rotatable bonds is 17. The third-order valence-corrected chi connectivity index (χ3v) is 4.87. The molecule has 0 aliphatic carbocycles. The highest BCUT2D eigenvalue weighted by atomic mass is 16.4. The highest BCUT2D eigenvalue weighted by Crippen LogP contribution is 2.07. The summed E-state index contributed by atoms with van der Waals surface area (Å²) in [5, 5.41) is 33.8. The predicted octanol–water partition coefficient (Wildman–Crippen LogP) is -2.50. The Hall–Kier alpha value is -3.75. The van der Waals surface area contributed by atoms with Crippen LogP contribution in [0.2, 0.25) is 0 Å². The van der Waals surface area contributed by atoms with Crippen LogP contribution in [0, 0.1) is 5.92 Å². The molecule has 0 aliphatic rings. The van der Waals surface area contributed by atoms with Crippen LogP contribution in [0.1, 0.15) is 52.4 Å². The quantitative estimate of drug-likeness (QED) is 0.103. The highest BCUT2D eigenvalue weighted by molar-refractivity contribution is 5.94. The molecule has 0 saturated carbocycles. The third-order valence-electron chi connectivity index (χ3n) is 4.87. The maximum atomic E-state index is 12.8. The molecule has 198 valence electrons. The van der Waals surface area contributed by atoms with Crippen LogP contribution in [0.5, 0.6) is 0 Å². The fraction of sp³-hybridized carbons (Fsp3) is 0.650. The van der Waals surface area contributed by atoms with E-state index < -0.39 is 85.0 Å². The number of primary amides is 1. The van der Waals surface area contributed by atoms with Gasteiger partial charge in [0.1, 0.15) is 18.1 Å². The predicted molar refractivity (Wildman–Crippen MR) is 118 cm³/mol. The zero-order valence-corrected chi connectivity index (χ0v) is 19.5. The fourth-order valence-electron chi connectivity index (χ4n) is 2.73. The second-order valence-corrected chi connectivity index (χ2v) is 8.16. The lowest BCUT2D eigenvalue weighted by Gasteiger charge is -2.25. The lowest BCUT2D eigenvalue weighted by atomic mass is 10.0. The third kappa shape index (κ3) is 12.9. The molecule has 0 heterocycles. The van der Waals surface area contributed by atoms with Gasteiger partial charge in [0.25, 0.3) is 0 Å². The number of nitrogens with two attached hydrogens (primary N) is 2. The first-order valence-electron chi connectivity index (χ1n) is 10.8. The monoisotopic (exact) mass is 503 g/mol. The number of hydrogen-bond donors (Lipinski definition) is 8. The van der Waals surface area contributed by atoms with E-state index in [1.165, 1.54) is 0 Å². The number of carbonyl (C=O) groups is 7. The number of hydrogen-bond acceptors (Lipinski definition) is 8. The molecule has 0 aromatic heterocycles. The Labute approximate surface area is 201 Å². The Morgan fingerprint density at radius 1 is 0.657 bits per heavy atom. The van der Waals surface area contributed by atoms with Gasteiger partial charge in [-0.05, 0) is 25.2 Å². The number of carbonyl (C=O) groups excluding carboxylic acids is 4. The van der Waals surface area contributed by atoms with Gasteiger partial charge in [-0.25, -0.2) is 4.79 Å². The van der Waals surface area contributed by atoms with Gasteiger partial charge in [-0.15, -0.1) is 0 Å². The van der Waals surface area contributed by atoms with E-state index in [9.17, 15) is 38.7 Å². The van der Waals surface area contributed by atoms with Crippen molar-refractivity contribution < 1.29 is 48.9 Å². The number of carboxylic acids is 3.